The van der Waals surface area contributed by atoms with Gasteiger partial charge < -0.3 is 10.2 Å². The van der Waals surface area contributed by atoms with Crippen molar-refractivity contribution in [2.75, 3.05) is 14.1 Å². The molecule has 2 aliphatic heterocycles. The van der Waals surface area contributed by atoms with Crippen molar-refractivity contribution >= 4 is 0 Å². The van der Waals surface area contributed by atoms with Gasteiger partial charge in [-0.15, -0.1) is 0 Å². The molecule has 0 saturated carbocycles. The van der Waals surface area contributed by atoms with Gasteiger partial charge in [0.1, 0.15) is 0 Å². The Hall–Kier alpha value is -1.00. The molecule has 3 atom stereocenters. The van der Waals surface area contributed by atoms with Crippen LogP contribution in [-0.2, 0) is 5.54 Å². The highest BCUT2D eigenvalue weighted by Gasteiger charge is 2.47. The van der Waals surface area contributed by atoms with Crippen LogP contribution in [-0.4, -0.2) is 41.0 Å². The maximum absolute atomic E-state index is 4.52. The summed E-state index contributed by atoms with van der Waals surface area (Å²) in [6.07, 6.45) is 10.3. The van der Waals surface area contributed by atoms with Crippen molar-refractivity contribution in [1.82, 2.24) is 20.2 Å². The normalized spacial score (nSPS) is 36.4. The van der Waals surface area contributed by atoms with E-state index in [-0.39, 0.29) is 5.54 Å². The summed E-state index contributed by atoms with van der Waals surface area (Å²) in [5, 5.41) is 3.78. The maximum atomic E-state index is 4.52. The monoisotopic (exact) mass is 232 g/mol. The Balaban J connectivity index is 1.91. The van der Waals surface area contributed by atoms with Crippen LogP contribution in [0.25, 0.3) is 0 Å². The van der Waals surface area contributed by atoms with Gasteiger partial charge in [0, 0.05) is 24.5 Å². The van der Waals surface area contributed by atoms with Crippen LogP contribution in [0.3, 0.4) is 0 Å². The molecule has 4 heteroatoms. The molecule has 3 rings (SSSR count). The van der Waals surface area contributed by atoms with Gasteiger partial charge >= 0.3 is 0 Å². The van der Waals surface area contributed by atoms with Gasteiger partial charge in [-0.2, -0.15) is 0 Å². The van der Waals surface area contributed by atoms with Crippen molar-refractivity contribution < 1.29 is 0 Å². The van der Waals surface area contributed by atoms with Crippen molar-refractivity contribution in [1.29, 1.82) is 0 Å². The summed E-state index contributed by atoms with van der Waals surface area (Å²) in [6, 6.07) is 1.31. The number of fused-ring (bicyclic) bond motifs is 2. The first-order chi connectivity index (χ1) is 8.20. The van der Waals surface area contributed by atoms with Gasteiger partial charge in [-0.1, -0.05) is 0 Å². The number of piperidine rings is 1. The lowest BCUT2D eigenvalue weighted by atomic mass is 9.84. The van der Waals surface area contributed by atoms with Gasteiger partial charge in [0.15, 0.2) is 0 Å². The number of hydrogen-bond donors (Lipinski definition) is 1. The summed E-state index contributed by atoms with van der Waals surface area (Å²) < 4.78 is 0. The Labute approximate surface area is 102 Å². The molecule has 3 heterocycles. The molecule has 0 aliphatic carbocycles. The fourth-order valence-electron chi connectivity index (χ4n) is 3.35. The Kier molecular flexibility index (Phi) is 2.64. The number of aromatic nitrogens is 2. The smallest absolute Gasteiger partial charge is 0.0788 e. The number of rotatable bonds is 2. The molecular weight excluding hydrogens is 212 g/mol. The van der Waals surface area contributed by atoms with E-state index >= 15 is 0 Å². The van der Waals surface area contributed by atoms with Crippen LogP contribution in [0.5, 0.6) is 0 Å². The first-order valence-corrected chi connectivity index (χ1v) is 6.40. The Morgan fingerprint density at radius 2 is 2.29 bits per heavy atom. The standard InChI is InChI=1S/C13H20N4/c1-17(2)11-7-10-3-4-13(8-11,16-10)12-9-14-5-6-15-12/h5-6,9-11,16H,3-4,7-8H2,1-2H3. The highest BCUT2D eigenvalue weighted by molar-refractivity contribution is 5.19. The number of nitrogens with zero attached hydrogens (tertiary/aromatic N) is 3. The van der Waals surface area contributed by atoms with E-state index in [9.17, 15) is 0 Å². The van der Waals surface area contributed by atoms with Crippen LogP contribution in [0.1, 0.15) is 31.4 Å². The van der Waals surface area contributed by atoms with E-state index < -0.39 is 0 Å². The summed E-state index contributed by atoms with van der Waals surface area (Å²) in [4.78, 5) is 11.1. The van der Waals surface area contributed by atoms with E-state index in [1.54, 1.807) is 12.4 Å². The minimum absolute atomic E-state index is 0.0755. The third-order valence-electron chi connectivity index (χ3n) is 4.32. The Bertz CT molecular complexity index is 392. The lowest BCUT2D eigenvalue weighted by molar-refractivity contribution is 0.150. The summed E-state index contributed by atoms with van der Waals surface area (Å²) in [7, 11) is 4.36. The lowest BCUT2D eigenvalue weighted by Gasteiger charge is -2.41. The summed E-state index contributed by atoms with van der Waals surface area (Å²) in [5.74, 6) is 0. The minimum atomic E-state index is 0.0755. The molecule has 0 spiro atoms. The van der Waals surface area contributed by atoms with Crippen LogP contribution in [0.2, 0.25) is 0 Å². The van der Waals surface area contributed by atoms with E-state index in [4.69, 9.17) is 0 Å². The summed E-state index contributed by atoms with van der Waals surface area (Å²) in [6.45, 7) is 0. The molecule has 0 amide bonds. The third-order valence-corrected chi connectivity index (χ3v) is 4.32. The topological polar surface area (TPSA) is 41.1 Å². The second-order valence-corrected chi connectivity index (χ2v) is 5.61. The van der Waals surface area contributed by atoms with E-state index in [2.05, 4.69) is 34.3 Å². The van der Waals surface area contributed by atoms with Gasteiger partial charge in [0.25, 0.3) is 0 Å². The highest BCUT2D eigenvalue weighted by Crippen LogP contribution is 2.42. The van der Waals surface area contributed by atoms with Crippen LogP contribution in [0, 0.1) is 0 Å². The molecule has 1 aromatic heterocycles. The first-order valence-electron chi connectivity index (χ1n) is 6.40. The Morgan fingerprint density at radius 3 is 3.00 bits per heavy atom. The maximum Gasteiger partial charge on any atom is 0.0788 e. The lowest BCUT2D eigenvalue weighted by Crippen LogP contribution is -2.52. The first kappa shape index (κ1) is 11.1. The molecular formula is C13H20N4. The fraction of sp³-hybridized carbons (Fsp3) is 0.692. The average Bonchev–Trinajstić information content (AvgIpc) is 2.67. The van der Waals surface area contributed by atoms with Gasteiger partial charge in [-0.3, -0.25) is 9.97 Å². The zero-order chi connectivity index (χ0) is 11.9. The second kappa shape index (κ2) is 4.03. The second-order valence-electron chi connectivity index (χ2n) is 5.61. The zero-order valence-corrected chi connectivity index (χ0v) is 10.6. The van der Waals surface area contributed by atoms with Gasteiger partial charge in [-0.25, -0.2) is 0 Å². The molecule has 3 unspecified atom stereocenters. The predicted octanol–water partition coefficient (Wildman–Crippen LogP) is 1.15. The largest absolute Gasteiger partial charge is 0.306 e. The molecule has 4 nitrogen and oxygen atoms in total. The van der Waals surface area contributed by atoms with E-state index in [1.807, 2.05) is 6.20 Å². The summed E-state index contributed by atoms with van der Waals surface area (Å²) in [5.41, 5.74) is 1.20. The van der Waals surface area contributed by atoms with Gasteiger partial charge in [0.2, 0.25) is 0 Å². The molecule has 0 aromatic carbocycles. The van der Waals surface area contributed by atoms with Crippen molar-refractivity contribution in [2.24, 2.45) is 0 Å². The van der Waals surface area contributed by atoms with Crippen molar-refractivity contribution in [3.8, 4) is 0 Å². The van der Waals surface area contributed by atoms with Crippen LogP contribution in [0.15, 0.2) is 18.6 Å². The molecule has 2 aliphatic rings. The molecule has 1 N–H and O–H groups in total. The molecule has 0 radical (unpaired) electrons. The van der Waals surface area contributed by atoms with Crippen molar-refractivity contribution in [2.45, 2.75) is 43.3 Å². The highest BCUT2D eigenvalue weighted by atomic mass is 15.2. The van der Waals surface area contributed by atoms with Crippen LogP contribution < -0.4 is 5.32 Å². The molecule has 2 fully saturated rings. The van der Waals surface area contributed by atoms with Crippen molar-refractivity contribution in [3.05, 3.63) is 24.3 Å². The molecule has 17 heavy (non-hydrogen) atoms. The predicted molar refractivity (Wildman–Crippen MR) is 66.6 cm³/mol. The van der Waals surface area contributed by atoms with E-state index in [1.165, 1.54) is 19.3 Å². The average molecular weight is 232 g/mol. The van der Waals surface area contributed by atoms with Gasteiger partial charge in [-0.05, 0) is 39.8 Å². The van der Waals surface area contributed by atoms with Crippen molar-refractivity contribution in [3.63, 3.8) is 0 Å². The third kappa shape index (κ3) is 1.85. The molecule has 2 bridgehead atoms. The minimum Gasteiger partial charge on any atom is -0.306 e. The van der Waals surface area contributed by atoms with Gasteiger partial charge in [0.05, 0.1) is 17.4 Å². The van der Waals surface area contributed by atoms with Crippen LogP contribution in [0.4, 0.5) is 0 Å². The quantitative estimate of drug-likeness (QED) is 0.830. The van der Waals surface area contributed by atoms with E-state index in [0.717, 1.165) is 12.1 Å². The number of hydrogen-bond acceptors (Lipinski definition) is 4. The molecule has 92 valence electrons. The fourth-order valence-corrected chi connectivity index (χ4v) is 3.35. The zero-order valence-electron chi connectivity index (χ0n) is 10.6. The molecule has 2 saturated heterocycles. The Morgan fingerprint density at radius 1 is 1.41 bits per heavy atom. The van der Waals surface area contributed by atoms with Crippen LogP contribution >= 0.6 is 0 Å². The SMILES string of the molecule is CN(C)C1CC2CCC(c3cnccn3)(C1)N2. The number of nitrogens with one attached hydrogen (secondary N) is 1. The van der Waals surface area contributed by atoms with E-state index in [0.29, 0.717) is 12.1 Å². The molecule has 1 aromatic rings. The summed E-state index contributed by atoms with van der Waals surface area (Å²) >= 11 is 0.